The summed E-state index contributed by atoms with van der Waals surface area (Å²) in [5.41, 5.74) is 7.04. The van der Waals surface area contributed by atoms with Crippen LogP contribution in [0.5, 0.6) is 0 Å². The number of aryl methyl sites for hydroxylation is 1. The molecular weight excluding hydrogens is 344 g/mol. The summed E-state index contributed by atoms with van der Waals surface area (Å²) in [4.78, 5) is 9.65. The Kier molecular flexibility index (Phi) is 4.76. The molecule has 1 N–H and O–H groups in total. The molecule has 0 spiro atoms. The lowest BCUT2D eigenvalue weighted by Crippen LogP contribution is -2.57. The maximum Gasteiger partial charge on any atom is 0.0726 e. The van der Waals surface area contributed by atoms with Gasteiger partial charge in [0.2, 0.25) is 0 Å². The lowest BCUT2D eigenvalue weighted by molar-refractivity contribution is 0.139. The van der Waals surface area contributed by atoms with Gasteiger partial charge in [-0.15, -0.1) is 0 Å². The smallest absolute Gasteiger partial charge is 0.0726 e. The zero-order chi connectivity index (χ0) is 19.9. The number of hydrogen-bond acceptors (Lipinski definition) is 4. The van der Waals surface area contributed by atoms with Crippen LogP contribution in [0.15, 0.2) is 48.5 Å². The van der Waals surface area contributed by atoms with Crippen molar-refractivity contribution in [3.8, 4) is 0 Å². The van der Waals surface area contributed by atoms with Gasteiger partial charge >= 0.3 is 0 Å². The van der Waals surface area contributed by atoms with Crippen molar-refractivity contribution < 1.29 is 0 Å². The summed E-state index contributed by atoms with van der Waals surface area (Å²) < 4.78 is 0. The highest BCUT2D eigenvalue weighted by Gasteiger charge is 2.31. The van der Waals surface area contributed by atoms with Crippen molar-refractivity contribution in [3.05, 3.63) is 59.8 Å². The molecule has 1 saturated heterocycles. The van der Waals surface area contributed by atoms with Crippen LogP contribution in [0.25, 0.3) is 10.9 Å². The molecular formula is C24H30N4. The van der Waals surface area contributed by atoms with Gasteiger partial charge in [-0.05, 0) is 70.6 Å². The maximum atomic E-state index is 4.72. The highest BCUT2D eigenvalue weighted by Crippen LogP contribution is 2.32. The van der Waals surface area contributed by atoms with Gasteiger partial charge in [-0.3, -0.25) is 9.88 Å². The first-order chi connectivity index (χ1) is 13.3. The first-order valence-corrected chi connectivity index (χ1v) is 10.0. The molecule has 0 radical (unpaired) electrons. The highest BCUT2D eigenvalue weighted by atomic mass is 15.3. The molecule has 1 aromatic heterocycles. The molecule has 0 amide bonds. The molecule has 0 bridgehead atoms. The third-order valence-corrected chi connectivity index (χ3v) is 6.20. The third-order valence-electron chi connectivity index (χ3n) is 6.20. The first-order valence-electron chi connectivity index (χ1n) is 10.0. The molecule has 1 aliphatic heterocycles. The fraction of sp³-hybridized carbons (Fsp3) is 0.375. The lowest BCUT2D eigenvalue weighted by Gasteiger charge is -2.46. The molecule has 4 heteroatoms. The average Bonchev–Trinajstić information content (AvgIpc) is 2.68. The van der Waals surface area contributed by atoms with E-state index in [9.17, 15) is 0 Å². The number of aromatic nitrogens is 1. The van der Waals surface area contributed by atoms with Gasteiger partial charge in [-0.25, -0.2) is 0 Å². The first kappa shape index (κ1) is 18.8. The predicted molar refractivity (Wildman–Crippen MR) is 120 cm³/mol. The molecule has 4 rings (SSSR count). The van der Waals surface area contributed by atoms with Crippen molar-refractivity contribution in [1.29, 1.82) is 0 Å². The third kappa shape index (κ3) is 3.45. The minimum atomic E-state index is 0.194. The van der Waals surface area contributed by atoms with Crippen LogP contribution in [-0.2, 0) is 0 Å². The Morgan fingerprint density at radius 3 is 2.39 bits per heavy atom. The number of para-hydroxylation sites is 1. The quantitative estimate of drug-likeness (QED) is 0.689. The second kappa shape index (κ2) is 7.10. The van der Waals surface area contributed by atoms with E-state index in [1.165, 1.54) is 11.3 Å². The standard InChI is InChI=1S/C24H30N4/c1-17-18(2)25-22-9-7-6-8-21(22)23(17)26-19-10-12-20(13-11-19)28-15-14-27(5)24(3,4)16-28/h6-13H,14-16H2,1-5H3,(H,25,26). The summed E-state index contributed by atoms with van der Waals surface area (Å²) in [5, 5.41) is 4.81. The van der Waals surface area contributed by atoms with Crippen LogP contribution in [0.3, 0.4) is 0 Å². The maximum absolute atomic E-state index is 4.72. The molecule has 1 aliphatic rings. The second-order valence-electron chi connectivity index (χ2n) is 8.54. The number of pyridine rings is 1. The van der Waals surface area contributed by atoms with Crippen LogP contribution in [0.1, 0.15) is 25.1 Å². The van der Waals surface area contributed by atoms with Crippen LogP contribution in [0.2, 0.25) is 0 Å². The Bertz CT molecular complexity index is 991. The number of anilines is 3. The van der Waals surface area contributed by atoms with Crippen molar-refractivity contribution in [2.45, 2.75) is 33.2 Å². The summed E-state index contributed by atoms with van der Waals surface area (Å²) in [6.45, 7) is 12.0. The van der Waals surface area contributed by atoms with Gasteiger partial charge in [0.25, 0.3) is 0 Å². The Morgan fingerprint density at radius 1 is 0.964 bits per heavy atom. The van der Waals surface area contributed by atoms with Gasteiger partial charge in [-0.1, -0.05) is 18.2 Å². The van der Waals surface area contributed by atoms with Gasteiger partial charge in [0.15, 0.2) is 0 Å². The van der Waals surface area contributed by atoms with Crippen molar-refractivity contribution in [1.82, 2.24) is 9.88 Å². The van der Waals surface area contributed by atoms with Crippen molar-refractivity contribution >= 4 is 28.0 Å². The largest absolute Gasteiger partial charge is 0.368 e. The molecule has 2 heterocycles. The molecule has 0 unspecified atom stereocenters. The molecule has 28 heavy (non-hydrogen) atoms. The van der Waals surface area contributed by atoms with Crippen molar-refractivity contribution in [2.24, 2.45) is 0 Å². The number of likely N-dealkylation sites (N-methyl/N-ethyl adjacent to an activating group) is 1. The summed E-state index contributed by atoms with van der Waals surface area (Å²) >= 11 is 0. The second-order valence-corrected chi connectivity index (χ2v) is 8.54. The van der Waals surface area contributed by atoms with E-state index in [-0.39, 0.29) is 5.54 Å². The summed E-state index contributed by atoms with van der Waals surface area (Å²) in [7, 11) is 2.22. The van der Waals surface area contributed by atoms with E-state index in [1.54, 1.807) is 0 Å². The van der Waals surface area contributed by atoms with Gasteiger partial charge in [0, 0.05) is 47.6 Å². The number of rotatable bonds is 3. The minimum Gasteiger partial charge on any atom is -0.368 e. The zero-order valence-corrected chi connectivity index (χ0v) is 17.6. The summed E-state index contributed by atoms with van der Waals surface area (Å²) in [5.74, 6) is 0. The predicted octanol–water partition coefficient (Wildman–Crippen LogP) is 5.13. The molecule has 0 aliphatic carbocycles. The Morgan fingerprint density at radius 2 is 1.68 bits per heavy atom. The SMILES string of the molecule is Cc1nc2ccccc2c(Nc2ccc(N3CCN(C)C(C)(C)C3)cc2)c1C. The van der Waals surface area contributed by atoms with Crippen molar-refractivity contribution in [2.75, 3.05) is 36.9 Å². The topological polar surface area (TPSA) is 31.4 Å². The highest BCUT2D eigenvalue weighted by molar-refractivity contribution is 5.95. The number of nitrogens with one attached hydrogen (secondary N) is 1. The Labute approximate surface area is 168 Å². The van der Waals surface area contributed by atoms with Crippen molar-refractivity contribution in [3.63, 3.8) is 0 Å². The van der Waals surface area contributed by atoms with Gasteiger partial charge < -0.3 is 10.2 Å². The fourth-order valence-electron chi connectivity index (χ4n) is 3.95. The van der Waals surface area contributed by atoms with Gasteiger partial charge in [-0.2, -0.15) is 0 Å². The number of hydrogen-bond donors (Lipinski definition) is 1. The van der Waals surface area contributed by atoms with E-state index in [1.807, 2.05) is 6.07 Å². The molecule has 0 atom stereocenters. The van der Waals surface area contributed by atoms with Gasteiger partial charge in [0.1, 0.15) is 0 Å². The minimum absolute atomic E-state index is 0.194. The van der Waals surface area contributed by atoms with Crippen LogP contribution in [-0.4, -0.2) is 42.1 Å². The molecule has 0 saturated carbocycles. The van der Waals surface area contributed by atoms with Crippen LogP contribution < -0.4 is 10.2 Å². The van der Waals surface area contributed by atoms with E-state index >= 15 is 0 Å². The molecule has 1 fully saturated rings. The molecule has 3 aromatic rings. The summed E-state index contributed by atoms with van der Waals surface area (Å²) in [6.07, 6.45) is 0. The van der Waals surface area contributed by atoms with E-state index < -0.39 is 0 Å². The Hall–Kier alpha value is -2.59. The molecule has 146 valence electrons. The fourth-order valence-corrected chi connectivity index (χ4v) is 3.95. The number of piperazine rings is 1. The van der Waals surface area contributed by atoms with Crippen LogP contribution >= 0.6 is 0 Å². The molecule has 2 aromatic carbocycles. The van der Waals surface area contributed by atoms with E-state index in [4.69, 9.17) is 4.98 Å². The number of nitrogens with zero attached hydrogens (tertiary/aromatic N) is 3. The zero-order valence-electron chi connectivity index (χ0n) is 17.6. The van der Waals surface area contributed by atoms with E-state index in [0.29, 0.717) is 0 Å². The normalized spacial score (nSPS) is 17.1. The molecule has 4 nitrogen and oxygen atoms in total. The number of benzene rings is 2. The summed E-state index contributed by atoms with van der Waals surface area (Å²) in [6, 6.07) is 17.2. The monoisotopic (exact) mass is 374 g/mol. The van der Waals surface area contributed by atoms with E-state index in [0.717, 1.165) is 47.6 Å². The average molecular weight is 375 g/mol. The number of fused-ring (bicyclic) bond motifs is 1. The van der Waals surface area contributed by atoms with E-state index in [2.05, 4.69) is 92.3 Å². The Balaban J connectivity index is 1.59. The van der Waals surface area contributed by atoms with Gasteiger partial charge in [0.05, 0.1) is 11.2 Å². The van der Waals surface area contributed by atoms with Crippen LogP contribution in [0, 0.1) is 13.8 Å². The lowest BCUT2D eigenvalue weighted by atomic mass is 9.99. The van der Waals surface area contributed by atoms with Crippen LogP contribution in [0.4, 0.5) is 17.1 Å².